The fourth-order valence-electron chi connectivity index (χ4n) is 3.06. The Kier molecular flexibility index (Phi) is 5.59. The maximum atomic E-state index is 12.9. The quantitative estimate of drug-likeness (QED) is 0.623. The minimum Gasteiger partial charge on any atom is -0.319 e. The summed E-state index contributed by atoms with van der Waals surface area (Å²) in [6, 6.07) is 8.98. The highest BCUT2D eigenvalue weighted by Gasteiger charge is 2.31. The number of fused-ring (bicyclic) bond motifs is 1. The number of carbonyl (C=O) groups is 2. The molecule has 1 aliphatic heterocycles. The lowest BCUT2D eigenvalue weighted by Gasteiger charge is -2.26. The predicted molar refractivity (Wildman–Crippen MR) is 109 cm³/mol. The number of alkyl halides is 3. The maximum Gasteiger partial charge on any atom is 0.416 e. The standard InChI is InChI=1S/C20H16F3N5O2S/c21-20(22,23)12-4-3-5-13(10-12)25-19(30)28-9-7-14-16(11-28)31-18(26-14)27-17(29)15-6-1-2-8-24-15/h1-6,8,10H,7,9,11H2,(H,25,30)(H,26,27,29). The smallest absolute Gasteiger partial charge is 0.319 e. The molecule has 3 heterocycles. The van der Waals surface area contributed by atoms with Crippen molar-refractivity contribution in [2.24, 2.45) is 0 Å². The van der Waals surface area contributed by atoms with E-state index in [1.807, 2.05) is 0 Å². The van der Waals surface area contributed by atoms with E-state index in [9.17, 15) is 22.8 Å². The number of urea groups is 1. The van der Waals surface area contributed by atoms with Crippen molar-refractivity contribution in [1.82, 2.24) is 14.9 Å². The third kappa shape index (κ3) is 4.82. The van der Waals surface area contributed by atoms with Gasteiger partial charge in [0, 0.05) is 29.7 Å². The number of nitrogens with zero attached hydrogens (tertiary/aromatic N) is 3. The first kappa shape index (κ1) is 20.8. The topological polar surface area (TPSA) is 87.2 Å². The van der Waals surface area contributed by atoms with Gasteiger partial charge in [-0.15, -0.1) is 0 Å². The molecule has 0 aliphatic carbocycles. The predicted octanol–water partition coefficient (Wildman–Crippen LogP) is 4.40. The molecule has 0 atom stereocenters. The molecule has 1 aliphatic rings. The van der Waals surface area contributed by atoms with Crippen LogP contribution < -0.4 is 10.6 Å². The van der Waals surface area contributed by atoms with Crippen LogP contribution >= 0.6 is 11.3 Å². The first-order valence-corrected chi connectivity index (χ1v) is 10.1. The number of hydrogen-bond acceptors (Lipinski definition) is 5. The van der Waals surface area contributed by atoms with E-state index < -0.39 is 17.8 Å². The lowest BCUT2D eigenvalue weighted by atomic mass is 10.2. The minimum absolute atomic E-state index is 0.0678. The summed E-state index contributed by atoms with van der Waals surface area (Å²) in [5, 5.41) is 5.61. The highest BCUT2D eigenvalue weighted by molar-refractivity contribution is 7.15. The molecular weight excluding hydrogens is 431 g/mol. The largest absolute Gasteiger partial charge is 0.416 e. The number of aromatic nitrogens is 2. The van der Waals surface area contributed by atoms with E-state index >= 15 is 0 Å². The number of anilines is 2. The van der Waals surface area contributed by atoms with Crippen molar-refractivity contribution in [3.8, 4) is 0 Å². The van der Waals surface area contributed by atoms with Gasteiger partial charge in [0.15, 0.2) is 5.13 Å². The molecule has 4 rings (SSSR count). The molecule has 0 saturated heterocycles. The molecule has 31 heavy (non-hydrogen) atoms. The average Bonchev–Trinajstić information content (AvgIpc) is 3.15. The Hall–Kier alpha value is -3.47. The average molecular weight is 447 g/mol. The summed E-state index contributed by atoms with van der Waals surface area (Å²) in [5.74, 6) is -0.383. The van der Waals surface area contributed by atoms with Crippen molar-refractivity contribution in [3.05, 3.63) is 70.5 Å². The maximum absolute atomic E-state index is 12.9. The molecular formula is C20H16F3N5O2S. The molecule has 160 valence electrons. The van der Waals surface area contributed by atoms with Crippen LogP contribution in [0.3, 0.4) is 0 Å². The van der Waals surface area contributed by atoms with Gasteiger partial charge >= 0.3 is 12.2 Å². The zero-order valence-corrected chi connectivity index (χ0v) is 16.8. The van der Waals surface area contributed by atoms with E-state index in [4.69, 9.17) is 0 Å². The first-order valence-electron chi connectivity index (χ1n) is 9.24. The van der Waals surface area contributed by atoms with E-state index in [1.165, 1.54) is 34.6 Å². The van der Waals surface area contributed by atoms with Gasteiger partial charge < -0.3 is 10.2 Å². The number of pyridine rings is 1. The van der Waals surface area contributed by atoms with E-state index in [0.717, 1.165) is 22.7 Å². The van der Waals surface area contributed by atoms with Crippen LogP contribution in [0.15, 0.2) is 48.7 Å². The lowest BCUT2D eigenvalue weighted by Crippen LogP contribution is -2.38. The molecule has 0 saturated carbocycles. The van der Waals surface area contributed by atoms with Crippen molar-refractivity contribution in [3.63, 3.8) is 0 Å². The molecule has 0 unspecified atom stereocenters. The second kappa shape index (κ2) is 8.34. The van der Waals surface area contributed by atoms with Crippen LogP contribution in [0, 0.1) is 0 Å². The third-order valence-corrected chi connectivity index (χ3v) is 5.58. The van der Waals surface area contributed by atoms with Gasteiger partial charge in [0.1, 0.15) is 5.69 Å². The summed E-state index contributed by atoms with van der Waals surface area (Å²) in [5.41, 5.74) is 0.280. The number of nitrogens with one attached hydrogen (secondary N) is 2. The molecule has 0 fully saturated rings. The summed E-state index contributed by atoms with van der Waals surface area (Å²) in [6.07, 6.45) is -2.50. The highest BCUT2D eigenvalue weighted by Crippen LogP contribution is 2.31. The summed E-state index contributed by atoms with van der Waals surface area (Å²) in [7, 11) is 0. The summed E-state index contributed by atoms with van der Waals surface area (Å²) >= 11 is 1.25. The summed E-state index contributed by atoms with van der Waals surface area (Å²) in [4.78, 5) is 35.5. The van der Waals surface area contributed by atoms with Crippen LogP contribution in [-0.2, 0) is 19.1 Å². The molecule has 7 nitrogen and oxygen atoms in total. The van der Waals surface area contributed by atoms with Gasteiger partial charge in [0.05, 0.1) is 17.8 Å². The van der Waals surface area contributed by atoms with Gasteiger partial charge in [-0.25, -0.2) is 9.78 Å². The van der Waals surface area contributed by atoms with Crippen LogP contribution in [0.1, 0.15) is 26.6 Å². The van der Waals surface area contributed by atoms with Crippen molar-refractivity contribution in [1.29, 1.82) is 0 Å². The number of rotatable bonds is 3. The van der Waals surface area contributed by atoms with Crippen LogP contribution in [-0.4, -0.2) is 33.4 Å². The third-order valence-electron chi connectivity index (χ3n) is 4.58. The highest BCUT2D eigenvalue weighted by atomic mass is 32.1. The number of halogens is 3. The van der Waals surface area contributed by atoms with Gasteiger partial charge in [-0.05, 0) is 30.3 Å². The Balaban J connectivity index is 1.41. The van der Waals surface area contributed by atoms with Crippen LogP contribution in [0.25, 0.3) is 0 Å². The Morgan fingerprint density at radius 2 is 1.94 bits per heavy atom. The van der Waals surface area contributed by atoms with Gasteiger partial charge in [-0.3, -0.25) is 15.1 Å². The normalized spacial score (nSPS) is 13.5. The van der Waals surface area contributed by atoms with E-state index in [2.05, 4.69) is 20.6 Å². The molecule has 0 spiro atoms. The molecule has 3 amide bonds. The van der Waals surface area contributed by atoms with Crippen LogP contribution in [0.5, 0.6) is 0 Å². The Morgan fingerprint density at radius 3 is 2.68 bits per heavy atom. The van der Waals surface area contributed by atoms with Crippen LogP contribution in [0.4, 0.5) is 28.8 Å². The second-order valence-electron chi connectivity index (χ2n) is 6.74. The molecule has 0 bridgehead atoms. The number of hydrogen-bond donors (Lipinski definition) is 2. The fourth-order valence-corrected chi connectivity index (χ4v) is 4.08. The molecule has 0 radical (unpaired) electrons. The van der Waals surface area contributed by atoms with E-state index in [1.54, 1.807) is 18.2 Å². The Bertz CT molecular complexity index is 1120. The molecule has 2 aromatic heterocycles. The Labute approximate surface area is 178 Å². The summed E-state index contributed by atoms with van der Waals surface area (Å²) < 4.78 is 38.6. The zero-order valence-electron chi connectivity index (χ0n) is 15.9. The van der Waals surface area contributed by atoms with Crippen molar-refractivity contribution < 1.29 is 22.8 Å². The van der Waals surface area contributed by atoms with Crippen molar-refractivity contribution >= 4 is 34.1 Å². The van der Waals surface area contributed by atoms with Gasteiger partial charge in [-0.2, -0.15) is 13.2 Å². The SMILES string of the molecule is O=C(Nc1nc2c(s1)CN(C(=O)Nc1cccc(C(F)(F)F)c1)CC2)c1ccccn1. The zero-order chi connectivity index (χ0) is 22.0. The summed E-state index contributed by atoms with van der Waals surface area (Å²) in [6.45, 7) is 0.604. The van der Waals surface area contributed by atoms with Gasteiger partial charge in [0.25, 0.3) is 5.91 Å². The van der Waals surface area contributed by atoms with E-state index in [-0.39, 0.29) is 23.8 Å². The number of carbonyl (C=O) groups excluding carboxylic acids is 2. The van der Waals surface area contributed by atoms with E-state index in [0.29, 0.717) is 18.1 Å². The van der Waals surface area contributed by atoms with Crippen LogP contribution in [0.2, 0.25) is 0 Å². The molecule has 1 aromatic carbocycles. The molecule has 3 aromatic rings. The first-order chi connectivity index (χ1) is 14.8. The second-order valence-corrected chi connectivity index (χ2v) is 7.82. The number of amides is 3. The number of thiazole rings is 1. The van der Waals surface area contributed by atoms with Gasteiger partial charge in [-0.1, -0.05) is 23.5 Å². The molecule has 11 heteroatoms. The lowest BCUT2D eigenvalue weighted by molar-refractivity contribution is -0.137. The monoisotopic (exact) mass is 447 g/mol. The van der Waals surface area contributed by atoms with Gasteiger partial charge in [0.2, 0.25) is 0 Å². The molecule has 2 N–H and O–H groups in total. The minimum atomic E-state index is -4.49. The number of benzene rings is 1. The fraction of sp³-hybridized carbons (Fsp3) is 0.200. The Morgan fingerprint density at radius 1 is 1.10 bits per heavy atom. The van der Waals surface area contributed by atoms with Crippen molar-refractivity contribution in [2.45, 2.75) is 19.1 Å². The van der Waals surface area contributed by atoms with Crippen molar-refractivity contribution in [2.75, 3.05) is 17.2 Å².